The van der Waals surface area contributed by atoms with Crippen LogP contribution in [0.25, 0.3) is 0 Å². The molecule has 0 aromatic heterocycles. The van der Waals surface area contributed by atoms with Crippen molar-refractivity contribution in [1.82, 2.24) is 5.32 Å². The number of anilines is 1. The molecule has 2 rings (SSSR count). The molecule has 1 atom stereocenters. The van der Waals surface area contributed by atoms with Gasteiger partial charge in [0.05, 0.1) is 17.8 Å². The molecule has 0 bridgehead atoms. The number of carbonyl (C=O) groups is 4. The first-order valence-electron chi connectivity index (χ1n) is 5.97. The van der Waals surface area contributed by atoms with Crippen LogP contribution in [0.2, 0.25) is 0 Å². The number of Topliss-reactive ketones (excluding diaryl/α,β-unsaturated/α-hetero) is 1. The largest absolute Gasteiger partial charge is 0.480 e. The zero-order chi connectivity index (χ0) is 15.7. The van der Waals surface area contributed by atoms with Gasteiger partial charge in [-0.2, -0.15) is 0 Å². The van der Waals surface area contributed by atoms with E-state index in [1.165, 1.54) is 6.07 Å². The molecule has 0 spiro atoms. The van der Waals surface area contributed by atoms with Crippen LogP contribution in [-0.2, 0) is 14.4 Å². The van der Waals surface area contributed by atoms with Crippen molar-refractivity contribution >= 4 is 29.3 Å². The number of hydrogen-bond acceptors (Lipinski definition) is 4. The van der Waals surface area contributed by atoms with E-state index in [0.29, 0.717) is 0 Å². The summed E-state index contributed by atoms with van der Waals surface area (Å²) in [5.41, 5.74) is 0.00923. The van der Waals surface area contributed by atoms with Crippen LogP contribution in [0.3, 0.4) is 0 Å². The van der Waals surface area contributed by atoms with Gasteiger partial charge < -0.3 is 15.3 Å². The summed E-state index contributed by atoms with van der Waals surface area (Å²) in [6.07, 6.45) is 0. The van der Waals surface area contributed by atoms with Crippen LogP contribution in [0, 0.1) is 5.82 Å². The minimum Gasteiger partial charge on any atom is -0.480 e. The van der Waals surface area contributed by atoms with E-state index in [1.807, 2.05) is 0 Å². The number of carboxylic acid groups (broad SMARTS) is 1. The first kappa shape index (κ1) is 14.6. The maximum atomic E-state index is 13.1. The highest BCUT2D eigenvalue weighted by molar-refractivity contribution is 6.52. The lowest BCUT2D eigenvalue weighted by Gasteiger charge is -2.21. The molecule has 1 unspecified atom stereocenters. The third-order valence-electron chi connectivity index (χ3n) is 2.97. The van der Waals surface area contributed by atoms with Crippen molar-refractivity contribution in [3.8, 4) is 0 Å². The number of hydrogen-bond donors (Lipinski definition) is 2. The Morgan fingerprint density at radius 1 is 1.38 bits per heavy atom. The van der Waals surface area contributed by atoms with Gasteiger partial charge in [0.15, 0.2) is 0 Å². The third kappa shape index (κ3) is 2.73. The van der Waals surface area contributed by atoms with Crippen molar-refractivity contribution in [3.05, 3.63) is 29.6 Å². The Balaban J connectivity index is 2.32. The number of benzene rings is 1. The van der Waals surface area contributed by atoms with Crippen molar-refractivity contribution in [2.45, 2.75) is 13.0 Å². The van der Waals surface area contributed by atoms with Crippen LogP contribution in [0.4, 0.5) is 10.1 Å². The van der Waals surface area contributed by atoms with Gasteiger partial charge in [-0.3, -0.25) is 14.4 Å². The molecule has 0 radical (unpaired) electrons. The smallest absolute Gasteiger partial charge is 0.328 e. The highest BCUT2D eigenvalue weighted by Gasteiger charge is 2.38. The first-order valence-corrected chi connectivity index (χ1v) is 5.97. The lowest BCUT2D eigenvalue weighted by molar-refractivity contribution is -0.141. The molecular formula is C13H11FN2O5. The van der Waals surface area contributed by atoms with Gasteiger partial charge in [0.25, 0.3) is 11.7 Å². The summed E-state index contributed by atoms with van der Waals surface area (Å²) in [4.78, 5) is 46.6. The molecule has 21 heavy (non-hydrogen) atoms. The molecule has 0 saturated carbocycles. The van der Waals surface area contributed by atoms with E-state index in [9.17, 15) is 23.6 Å². The Kier molecular flexibility index (Phi) is 3.70. The number of amides is 2. The number of ketones is 1. The molecule has 0 saturated heterocycles. The summed E-state index contributed by atoms with van der Waals surface area (Å²) in [6.45, 7) is 0.717. The fourth-order valence-corrected chi connectivity index (χ4v) is 2.07. The molecule has 7 nitrogen and oxygen atoms in total. The predicted molar refractivity (Wildman–Crippen MR) is 68.3 cm³/mol. The minimum absolute atomic E-state index is 0.119. The average molecular weight is 294 g/mol. The number of aliphatic carboxylic acids is 1. The number of carboxylic acids is 1. The summed E-state index contributed by atoms with van der Waals surface area (Å²) in [7, 11) is 0. The van der Waals surface area contributed by atoms with Crippen molar-refractivity contribution < 1.29 is 28.7 Å². The summed E-state index contributed by atoms with van der Waals surface area (Å²) in [5.74, 6) is -4.46. The quantitative estimate of drug-likeness (QED) is 0.757. The molecular weight excluding hydrogens is 283 g/mol. The zero-order valence-electron chi connectivity index (χ0n) is 10.9. The van der Waals surface area contributed by atoms with E-state index in [-0.39, 0.29) is 11.3 Å². The third-order valence-corrected chi connectivity index (χ3v) is 2.97. The number of rotatable bonds is 4. The maximum Gasteiger partial charge on any atom is 0.328 e. The van der Waals surface area contributed by atoms with Crippen molar-refractivity contribution in [3.63, 3.8) is 0 Å². The molecule has 1 heterocycles. The monoisotopic (exact) mass is 294 g/mol. The number of carbonyl (C=O) groups excluding carboxylic acids is 3. The van der Waals surface area contributed by atoms with E-state index >= 15 is 0 Å². The SMILES string of the molecule is CC(=O)NC(CN1C(=O)C(=O)c2cc(F)ccc21)C(=O)O. The van der Waals surface area contributed by atoms with E-state index in [0.717, 1.165) is 24.0 Å². The number of nitrogens with zero attached hydrogens (tertiary/aromatic N) is 1. The van der Waals surface area contributed by atoms with Crippen LogP contribution < -0.4 is 10.2 Å². The first-order chi connectivity index (χ1) is 9.81. The predicted octanol–water partition coefficient (Wildman–Crippen LogP) is -0.0557. The normalized spacial score (nSPS) is 14.9. The summed E-state index contributed by atoms with van der Waals surface area (Å²) < 4.78 is 13.1. The van der Waals surface area contributed by atoms with E-state index in [2.05, 4.69) is 5.32 Å². The molecule has 0 fully saturated rings. The van der Waals surface area contributed by atoms with E-state index in [1.54, 1.807) is 0 Å². The number of nitrogens with one attached hydrogen (secondary N) is 1. The van der Waals surface area contributed by atoms with Crippen LogP contribution in [0.1, 0.15) is 17.3 Å². The Hall–Kier alpha value is -2.77. The second-order valence-corrected chi connectivity index (χ2v) is 4.50. The van der Waals surface area contributed by atoms with Gasteiger partial charge in [0.2, 0.25) is 5.91 Å². The van der Waals surface area contributed by atoms with Crippen LogP contribution in [0.15, 0.2) is 18.2 Å². The van der Waals surface area contributed by atoms with Crippen molar-refractivity contribution in [2.75, 3.05) is 11.4 Å². The van der Waals surface area contributed by atoms with Crippen LogP contribution >= 0.6 is 0 Å². The van der Waals surface area contributed by atoms with E-state index < -0.39 is 42.0 Å². The van der Waals surface area contributed by atoms with Gasteiger partial charge in [-0.15, -0.1) is 0 Å². The molecule has 1 aromatic rings. The molecule has 2 amide bonds. The van der Waals surface area contributed by atoms with Gasteiger partial charge in [-0.05, 0) is 18.2 Å². The highest BCUT2D eigenvalue weighted by Crippen LogP contribution is 2.29. The standard InChI is InChI=1S/C13H11FN2O5/c1-6(17)15-9(13(20)21)5-16-10-3-2-7(14)4-8(10)11(18)12(16)19/h2-4,9H,5H2,1H3,(H,15,17)(H,20,21). The van der Waals surface area contributed by atoms with Crippen molar-refractivity contribution in [1.29, 1.82) is 0 Å². The van der Waals surface area contributed by atoms with Gasteiger partial charge in [-0.25, -0.2) is 9.18 Å². The van der Waals surface area contributed by atoms with Gasteiger partial charge in [0, 0.05) is 6.92 Å². The fraction of sp³-hybridized carbons (Fsp3) is 0.231. The van der Waals surface area contributed by atoms with Gasteiger partial charge in [0.1, 0.15) is 11.9 Å². The van der Waals surface area contributed by atoms with Gasteiger partial charge in [-0.1, -0.05) is 0 Å². The molecule has 0 aliphatic carbocycles. The fourth-order valence-electron chi connectivity index (χ4n) is 2.07. The average Bonchev–Trinajstić information content (AvgIpc) is 2.62. The Morgan fingerprint density at radius 2 is 2.05 bits per heavy atom. The molecule has 2 N–H and O–H groups in total. The summed E-state index contributed by atoms with van der Waals surface area (Å²) in [6, 6.07) is 1.84. The topological polar surface area (TPSA) is 104 Å². The lowest BCUT2D eigenvalue weighted by Crippen LogP contribution is -2.49. The molecule has 8 heteroatoms. The maximum absolute atomic E-state index is 13.1. The molecule has 1 aliphatic heterocycles. The summed E-state index contributed by atoms with van der Waals surface area (Å²) in [5, 5.41) is 11.2. The summed E-state index contributed by atoms with van der Waals surface area (Å²) >= 11 is 0. The molecule has 110 valence electrons. The van der Waals surface area contributed by atoms with Crippen molar-refractivity contribution in [2.24, 2.45) is 0 Å². The Bertz CT molecular complexity index is 658. The Morgan fingerprint density at radius 3 is 2.62 bits per heavy atom. The van der Waals surface area contributed by atoms with Crippen LogP contribution in [0.5, 0.6) is 0 Å². The lowest BCUT2D eigenvalue weighted by atomic mass is 10.1. The second-order valence-electron chi connectivity index (χ2n) is 4.50. The van der Waals surface area contributed by atoms with E-state index in [4.69, 9.17) is 5.11 Å². The number of fused-ring (bicyclic) bond motifs is 1. The van der Waals surface area contributed by atoms with Gasteiger partial charge >= 0.3 is 5.97 Å². The number of halogens is 1. The Labute approximate surface area is 118 Å². The minimum atomic E-state index is -1.37. The van der Waals surface area contributed by atoms with Crippen LogP contribution in [-0.4, -0.2) is 41.3 Å². The highest BCUT2D eigenvalue weighted by atomic mass is 19.1. The zero-order valence-corrected chi connectivity index (χ0v) is 10.9. The molecule has 1 aromatic carbocycles. The second kappa shape index (κ2) is 5.31. The molecule has 1 aliphatic rings.